The second-order valence-electron chi connectivity index (χ2n) is 2.20. The lowest BCUT2D eigenvalue weighted by Crippen LogP contribution is -2.08. The summed E-state index contributed by atoms with van der Waals surface area (Å²) in [6.45, 7) is 0. The van der Waals surface area contributed by atoms with Crippen LogP contribution in [0.1, 0.15) is 0 Å². The molecular formula is C8H8O3S. The first-order valence-electron chi connectivity index (χ1n) is 3.35. The summed E-state index contributed by atoms with van der Waals surface area (Å²) in [6, 6.07) is 8.56. The average molecular weight is 186 g/mol. The minimum absolute atomic E-state index is 0.329. The normalized spacial score (nSPS) is 12.3. The molecule has 1 N–H and O–H groups in total. The number of benzene rings is 1. The van der Waals surface area contributed by atoms with Crippen LogP contribution in [0.25, 0.3) is 0 Å². The van der Waals surface area contributed by atoms with Crippen LogP contribution in [0.2, 0.25) is 0 Å². The van der Waals surface area contributed by atoms with Gasteiger partial charge in [-0.2, -0.15) is 0 Å². The molecule has 1 aromatic rings. The molecule has 0 amide bonds. The molecule has 1 unspecified atom stereocenters. The fraction of sp³-hybridized carbons (Fsp3) is 0.125. The van der Waals surface area contributed by atoms with Crippen molar-refractivity contribution in [3.05, 3.63) is 30.3 Å². The Morgan fingerprint density at radius 3 is 2.42 bits per heavy atom. The lowest BCUT2D eigenvalue weighted by Gasteiger charge is -1.96. The van der Waals surface area contributed by atoms with Crippen LogP contribution >= 0.6 is 0 Å². The van der Waals surface area contributed by atoms with Crippen molar-refractivity contribution in [2.75, 3.05) is 5.75 Å². The molecule has 1 aromatic carbocycles. The maximum atomic E-state index is 11.2. The Balaban J connectivity index is 2.73. The van der Waals surface area contributed by atoms with E-state index in [2.05, 4.69) is 0 Å². The summed E-state index contributed by atoms with van der Waals surface area (Å²) in [4.78, 5) is 10.7. The first kappa shape index (κ1) is 8.93. The van der Waals surface area contributed by atoms with Crippen LogP contribution in [-0.2, 0) is 15.6 Å². The highest BCUT2D eigenvalue weighted by atomic mass is 32.2. The van der Waals surface area contributed by atoms with E-state index in [-0.39, 0.29) is 5.75 Å². The second kappa shape index (κ2) is 4.01. The fourth-order valence-electron chi connectivity index (χ4n) is 0.768. The van der Waals surface area contributed by atoms with Gasteiger partial charge in [0.2, 0.25) is 0 Å². The maximum Gasteiger partial charge on any atom is 0.316 e. The van der Waals surface area contributed by atoms with Gasteiger partial charge < -0.3 is 5.11 Å². The van der Waals surface area contributed by atoms with Gasteiger partial charge in [0.25, 0.3) is 0 Å². The van der Waals surface area contributed by atoms with Crippen molar-refractivity contribution < 1.29 is 14.1 Å². The minimum Gasteiger partial charge on any atom is -0.481 e. The molecule has 0 bridgehead atoms. The highest BCUT2D eigenvalue weighted by Crippen LogP contribution is 2.04. The Morgan fingerprint density at radius 1 is 1.33 bits per heavy atom. The van der Waals surface area contributed by atoms with E-state index in [0.717, 1.165) is 0 Å². The molecule has 0 aliphatic carbocycles. The van der Waals surface area contributed by atoms with Crippen LogP contribution in [-0.4, -0.2) is 21.0 Å². The van der Waals surface area contributed by atoms with Crippen molar-refractivity contribution in [2.24, 2.45) is 0 Å². The number of carboxylic acids is 1. The van der Waals surface area contributed by atoms with Gasteiger partial charge in [0.1, 0.15) is 5.75 Å². The van der Waals surface area contributed by atoms with Gasteiger partial charge in [-0.15, -0.1) is 0 Å². The number of rotatable bonds is 3. The molecule has 0 radical (unpaired) electrons. The summed E-state index contributed by atoms with van der Waals surface area (Å²) < 4.78 is 11.2. The predicted molar refractivity (Wildman–Crippen MR) is 45.4 cm³/mol. The SMILES string of the molecule is O=[13C](O)[13CH2]S(=O)c1ccccc1. The summed E-state index contributed by atoms with van der Waals surface area (Å²) >= 11 is 0. The van der Waals surface area contributed by atoms with Crippen LogP contribution in [0.15, 0.2) is 35.2 Å². The topological polar surface area (TPSA) is 54.4 Å². The molecule has 64 valence electrons. The van der Waals surface area contributed by atoms with E-state index in [1.807, 2.05) is 0 Å². The highest BCUT2D eigenvalue weighted by Gasteiger charge is 2.06. The summed E-state index contributed by atoms with van der Waals surface area (Å²) in [5.41, 5.74) is 0. The van der Waals surface area contributed by atoms with E-state index in [1.54, 1.807) is 30.3 Å². The van der Waals surface area contributed by atoms with E-state index in [9.17, 15) is 9.00 Å². The summed E-state index contributed by atoms with van der Waals surface area (Å²) in [7, 11) is -1.41. The first-order valence-corrected chi connectivity index (χ1v) is 4.67. The van der Waals surface area contributed by atoms with Crippen LogP contribution in [0, 0.1) is 0 Å². The number of hydrogen-bond donors (Lipinski definition) is 1. The molecule has 0 aliphatic rings. The van der Waals surface area contributed by atoms with Crippen molar-refractivity contribution >= 4 is 16.8 Å². The van der Waals surface area contributed by atoms with Gasteiger partial charge in [-0.1, -0.05) is 18.2 Å². The standard InChI is InChI=1S/C8H8O3S/c9-8(10)6-12(11)7-4-2-1-3-5-7/h1-5H,6H2,(H,9,10)/i6+1,8+1. The van der Waals surface area contributed by atoms with Crippen molar-refractivity contribution in [2.45, 2.75) is 4.90 Å². The van der Waals surface area contributed by atoms with Crippen molar-refractivity contribution in [1.82, 2.24) is 0 Å². The lowest BCUT2D eigenvalue weighted by molar-refractivity contribution is -0.133. The van der Waals surface area contributed by atoms with Gasteiger partial charge in [0.05, 0.1) is 10.8 Å². The van der Waals surface area contributed by atoms with Crippen LogP contribution < -0.4 is 0 Å². The molecule has 4 heteroatoms. The smallest absolute Gasteiger partial charge is 0.316 e. The third kappa shape index (κ3) is 2.47. The Bertz CT molecular complexity index is 294. The van der Waals surface area contributed by atoms with E-state index in [1.165, 1.54) is 0 Å². The zero-order valence-electron chi connectivity index (χ0n) is 6.27. The van der Waals surface area contributed by atoms with Gasteiger partial charge in [0, 0.05) is 4.90 Å². The molecular weight excluding hydrogens is 178 g/mol. The zero-order valence-corrected chi connectivity index (χ0v) is 7.08. The van der Waals surface area contributed by atoms with Crippen LogP contribution in [0.5, 0.6) is 0 Å². The largest absolute Gasteiger partial charge is 0.481 e. The molecule has 0 saturated carbocycles. The number of aliphatic carboxylic acids is 1. The zero-order chi connectivity index (χ0) is 8.97. The number of carbonyl (C=O) groups is 1. The number of carboxylic acid groups (broad SMARTS) is 1. The highest BCUT2D eigenvalue weighted by molar-refractivity contribution is 7.85. The fourth-order valence-corrected chi connectivity index (χ4v) is 1.62. The quantitative estimate of drug-likeness (QED) is 0.713. The second-order valence-corrected chi connectivity index (χ2v) is 3.65. The van der Waals surface area contributed by atoms with Crippen LogP contribution in [0.3, 0.4) is 0 Å². The molecule has 1 atom stereocenters. The summed E-state index contributed by atoms with van der Waals surface area (Å²) in [5.74, 6) is -1.37. The molecule has 3 nitrogen and oxygen atoms in total. The molecule has 0 saturated heterocycles. The molecule has 1 rings (SSSR count). The molecule has 12 heavy (non-hydrogen) atoms. The monoisotopic (exact) mass is 186 g/mol. The van der Waals surface area contributed by atoms with Crippen LogP contribution in [0.4, 0.5) is 0 Å². The van der Waals surface area contributed by atoms with E-state index < -0.39 is 16.8 Å². The van der Waals surface area contributed by atoms with E-state index >= 15 is 0 Å². The Kier molecular flexibility index (Phi) is 2.99. The Labute approximate surface area is 72.5 Å². The van der Waals surface area contributed by atoms with Crippen molar-refractivity contribution in [3.8, 4) is 0 Å². The summed E-state index contributed by atoms with van der Waals surface area (Å²) in [5, 5.41) is 8.35. The maximum absolute atomic E-state index is 11.2. The molecule has 0 aromatic heterocycles. The van der Waals surface area contributed by atoms with E-state index in [0.29, 0.717) is 4.90 Å². The molecule has 0 heterocycles. The third-order valence-corrected chi connectivity index (χ3v) is 2.57. The third-order valence-electron chi connectivity index (χ3n) is 1.26. The minimum atomic E-state index is -1.41. The number of hydrogen-bond acceptors (Lipinski definition) is 2. The Hall–Kier alpha value is -1.16. The first-order chi connectivity index (χ1) is 5.70. The van der Waals surface area contributed by atoms with E-state index in [4.69, 9.17) is 5.11 Å². The van der Waals surface area contributed by atoms with Gasteiger partial charge in [-0.25, -0.2) is 0 Å². The summed E-state index contributed by atoms with van der Waals surface area (Å²) in [6.07, 6.45) is 0. The predicted octanol–water partition coefficient (Wildman–Crippen LogP) is 0.879. The van der Waals surface area contributed by atoms with Gasteiger partial charge in [0.15, 0.2) is 0 Å². The molecule has 0 aliphatic heterocycles. The van der Waals surface area contributed by atoms with Gasteiger partial charge in [-0.3, -0.25) is 9.00 Å². The van der Waals surface area contributed by atoms with Gasteiger partial charge >= 0.3 is 5.97 Å². The average Bonchev–Trinajstić information content (AvgIpc) is 2.05. The molecule has 0 fully saturated rings. The lowest BCUT2D eigenvalue weighted by atomic mass is 10.4. The van der Waals surface area contributed by atoms with Crippen molar-refractivity contribution in [3.63, 3.8) is 0 Å². The molecule has 0 spiro atoms. The van der Waals surface area contributed by atoms with Gasteiger partial charge in [-0.05, 0) is 12.1 Å². The van der Waals surface area contributed by atoms with Crippen molar-refractivity contribution in [1.29, 1.82) is 0 Å². The Morgan fingerprint density at radius 2 is 1.92 bits per heavy atom.